The highest BCUT2D eigenvalue weighted by Crippen LogP contribution is 2.24. The lowest BCUT2D eigenvalue weighted by molar-refractivity contribution is -0.123. The molecule has 1 aromatic rings. The predicted octanol–water partition coefficient (Wildman–Crippen LogP) is 0.963. The van der Waals surface area contributed by atoms with Gasteiger partial charge in [-0.15, -0.1) is 0 Å². The minimum atomic E-state index is -0.109. The molecule has 2 saturated heterocycles. The standard InChI is InChI=1S/C16H21N3O3S/c20-16(10-19-4-6-21-7-5-19)18-17-9-13-2-1-3-14(8-13)22-15-11-23-12-15/h1-3,8-9,15H,4-7,10-12H2,(H,18,20)/b17-9-. The summed E-state index contributed by atoms with van der Waals surface area (Å²) >= 11 is 1.89. The summed E-state index contributed by atoms with van der Waals surface area (Å²) in [6, 6.07) is 7.73. The normalized spacial score (nSPS) is 19.5. The van der Waals surface area contributed by atoms with Crippen LogP contribution >= 0.6 is 11.8 Å². The highest BCUT2D eigenvalue weighted by molar-refractivity contribution is 8.00. The van der Waals surface area contributed by atoms with Crippen molar-refractivity contribution in [2.45, 2.75) is 6.10 Å². The fourth-order valence-corrected chi connectivity index (χ4v) is 2.88. The molecular weight excluding hydrogens is 314 g/mol. The molecule has 1 N–H and O–H groups in total. The molecule has 0 saturated carbocycles. The summed E-state index contributed by atoms with van der Waals surface area (Å²) in [5, 5.41) is 4.02. The Bertz CT molecular complexity index is 557. The van der Waals surface area contributed by atoms with Crippen molar-refractivity contribution in [1.29, 1.82) is 0 Å². The third-order valence-corrected chi connectivity index (χ3v) is 4.86. The maximum absolute atomic E-state index is 11.8. The van der Waals surface area contributed by atoms with Crippen LogP contribution in [-0.2, 0) is 9.53 Å². The summed E-state index contributed by atoms with van der Waals surface area (Å²) in [6.07, 6.45) is 1.96. The summed E-state index contributed by atoms with van der Waals surface area (Å²) in [4.78, 5) is 13.9. The number of hydrogen-bond acceptors (Lipinski definition) is 6. The largest absolute Gasteiger partial charge is 0.489 e. The fraction of sp³-hybridized carbons (Fsp3) is 0.500. The first-order valence-corrected chi connectivity index (χ1v) is 8.91. The third-order valence-electron chi connectivity index (χ3n) is 3.64. The van der Waals surface area contributed by atoms with Crippen molar-refractivity contribution in [3.05, 3.63) is 29.8 Å². The molecule has 1 amide bonds. The maximum Gasteiger partial charge on any atom is 0.254 e. The van der Waals surface area contributed by atoms with Gasteiger partial charge in [0.2, 0.25) is 0 Å². The van der Waals surface area contributed by atoms with E-state index in [0.717, 1.165) is 35.9 Å². The van der Waals surface area contributed by atoms with E-state index in [1.165, 1.54) is 0 Å². The molecule has 124 valence electrons. The Kier molecular flexibility index (Phi) is 5.90. The zero-order valence-electron chi connectivity index (χ0n) is 12.9. The van der Waals surface area contributed by atoms with Crippen molar-refractivity contribution in [2.24, 2.45) is 5.10 Å². The maximum atomic E-state index is 11.8. The van der Waals surface area contributed by atoms with Gasteiger partial charge in [0, 0.05) is 24.6 Å². The van der Waals surface area contributed by atoms with Crippen molar-refractivity contribution >= 4 is 23.9 Å². The minimum Gasteiger partial charge on any atom is -0.489 e. The van der Waals surface area contributed by atoms with E-state index in [0.29, 0.717) is 25.9 Å². The Morgan fingerprint density at radius 2 is 2.26 bits per heavy atom. The molecule has 3 rings (SSSR count). The van der Waals surface area contributed by atoms with Gasteiger partial charge in [0.15, 0.2) is 0 Å². The summed E-state index contributed by atoms with van der Waals surface area (Å²) in [5.74, 6) is 2.84. The lowest BCUT2D eigenvalue weighted by Gasteiger charge is -2.25. The Morgan fingerprint density at radius 1 is 1.43 bits per heavy atom. The number of amides is 1. The molecule has 0 aliphatic carbocycles. The van der Waals surface area contributed by atoms with E-state index < -0.39 is 0 Å². The van der Waals surface area contributed by atoms with Crippen LogP contribution in [0.1, 0.15) is 5.56 Å². The van der Waals surface area contributed by atoms with Crippen LogP contribution in [0.4, 0.5) is 0 Å². The molecule has 0 radical (unpaired) electrons. The summed E-state index contributed by atoms with van der Waals surface area (Å²) in [5.41, 5.74) is 3.47. The first-order chi connectivity index (χ1) is 11.3. The van der Waals surface area contributed by atoms with Gasteiger partial charge in [-0.3, -0.25) is 9.69 Å². The number of morpholine rings is 1. The summed E-state index contributed by atoms with van der Waals surface area (Å²) in [7, 11) is 0. The van der Waals surface area contributed by atoms with E-state index >= 15 is 0 Å². The number of carbonyl (C=O) groups is 1. The van der Waals surface area contributed by atoms with Crippen molar-refractivity contribution in [3.63, 3.8) is 0 Å². The Balaban J connectivity index is 1.45. The molecule has 0 spiro atoms. The topological polar surface area (TPSA) is 63.2 Å². The molecule has 1 aromatic carbocycles. The predicted molar refractivity (Wildman–Crippen MR) is 91.2 cm³/mol. The van der Waals surface area contributed by atoms with Gasteiger partial charge in [0.25, 0.3) is 5.91 Å². The zero-order valence-corrected chi connectivity index (χ0v) is 13.8. The average Bonchev–Trinajstić information content (AvgIpc) is 2.52. The molecule has 2 aliphatic heterocycles. The lowest BCUT2D eigenvalue weighted by Crippen LogP contribution is -2.42. The van der Waals surface area contributed by atoms with E-state index in [-0.39, 0.29) is 5.91 Å². The first kappa shape index (κ1) is 16.3. The number of nitrogens with zero attached hydrogens (tertiary/aromatic N) is 2. The van der Waals surface area contributed by atoms with Gasteiger partial charge in [-0.1, -0.05) is 12.1 Å². The second-order valence-electron chi connectivity index (χ2n) is 5.53. The lowest BCUT2D eigenvalue weighted by atomic mass is 10.2. The molecule has 0 aromatic heterocycles. The van der Waals surface area contributed by atoms with E-state index in [4.69, 9.17) is 9.47 Å². The van der Waals surface area contributed by atoms with E-state index in [1.54, 1.807) is 6.21 Å². The quantitative estimate of drug-likeness (QED) is 0.620. The second kappa shape index (κ2) is 8.33. The second-order valence-corrected chi connectivity index (χ2v) is 6.61. The molecule has 2 heterocycles. The third kappa shape index (κ3) is 5.23. The molecule has 2 fully saturated rings. The molecule has 2 aliphatic rings. The highest BCUT2D eigenvalue weighted by atomic mass is 32.2. The fourth-order valence-electron chi connectivity index (χ4n) is 2.32. The van der Waals surface area contributed by atoms with Crippen molar-refractivity contribution in [1.82, 2.24) is 10.3 Å². The van der Waals surface area contributed by atoms with Crippen molar-refractivity contribution in [3.8, 4) is 5.75 Å². The molecule has 0 unspecified atom stereocenters. The van der Waals surface area contributed by atoms with Gasteiger partial charge in [0.05, 0.1) is 26.0 Å². The van der Waals surface area contributed by atoms with E-state index in [1.807, 2.05) is 36.0 Å². The Labute approximate surface area is 140 Å². The zero-order chi connectivity index (χ0) is 15.9. The number of hydrogen-bond donors (Lipinski definition) is 1. The van der Waals surface area contributed by atoms with Crippen LogP contribution in [0.25, 0.3) is 0 Å². The molecule has 7 heteroatoms. The molecular formula is C16H21N3O3S. The van der Waals surface area contributed by atoms with Gasteiger partial charge in [-0.2, -0.15) is 16.9 Å². The molecule has 0 atom stereocenters. The highest BCUT2D eigenvalue weighted by Gasteiger charge is 2.19. The summed E-state index contributed by atoms with van der Waals surface area (Å²) in [6.45, 7) is 3.29. The van der Waals surface area contributed by atoms with Gasteiger partial charge >= 0.3 is 0 Å². The van der Waals surface area contributed by atoms with Crippen LogP contribution in [0.5, 0.6) is 5.75 Å². The Hall–Kier alpha value is -1.57. The van der Waals surface area contributed by atoms with Gasteiger partial charge in [-0.05, 0) is 17.7 Å². The van der Waals surface area contributed by atoms with Crippen molar-refractivity contribution in [2.75, 3.05) is 44.4 Å². The van der Waals surface area contributed by atoms with Gasteiger partial charge in [-0.25, -0.2) is 5.43 Å². The molecule has 6 nitrogen and oxygen atoms in total. The number of ether oxygens (including phenoxy) is 2. The number of rotatable bonds is 6. The number of nitrogens with one attached hydrogen (secondary N) is 1. The first-order valence-electron chi connectivity index (χ1n) is 7.76. The number of benzene rings is 1. The summed E-state index contributed by atoms with van der Waals surface area (Å²) < 4.78 is 11.1. The van der Waals surface area contributed by atoms with Crippen LogP contribution in [0.2, 0.25) is 0 Å². The molecule has 23 heavy (non-hydrogen) atoms. The van der Waals surface area contributed by atoms with Gasteiger partial charge < -0.3 is 9.47 Å². The van der Waals surface area contributed by atoms with E-state index in [2.05, 4.69) is 15.4 Å². The average molecular weight is 335 g/mol. The SMILES string of the molecule is O=C(CN1CCOCC1)N/N=C\c1cccc(OC2CSC2)c1. The van der Waals surface area contributed by atoms with Crippen LogP contribution in [0, 0.1) is 0 Å². The monoisotopic (exact) mass is 335 g/mol. The smallest absolute Gasteiger partial charge is 0.254 e. The van der Waals surface area contributed by atoms with Crippen LogP contribution in [-0.4, -0.2) is 67.5 Å². The Morgan fingerprint density at radius 3 is 3.00 bits per heavy atom. The van der Waals surface area contributed by atoms with Gasteiger partial charge in [0.1, 0.15) is 11.9 Å². The van der Waals surface area contributed by atoms with Crippen LogP contribution in [0.15, 0.2) is 29.4 Å². The van der Waals surface area contributed by atoms with E-state index in [9.17, 15) is 4.79 Å². The number of thioether (sulfide) groups is 1. The van der Waals surface area contributed by atoms with Crippen LogP contribution < -0.4 is 10.2 Å². The minimum absolute atomic E-state index is 0.109. The number of hydrazone groups is 1. The van der Waals surface area contributed by atoms with Crippen molar-refractivity contribution < 1.29 is 14.3 Å². The molecule has 0 bridgehead atoms. The van der Waals surface area contributed by atoms with Crippen LogP contribution in [0.3, 0.4) is 0 Å². The number of carbonyl (C=O) groups excluding carboxylic acids is 1.